The van der Waals surface area contributed by atoms with Crippen LogP contribution >= 0.6 is 11.3 Å². The van der Waals surface area contributed by atoms with Crippen molar-refractivity contribution in [3.8, 4) is 22.2 Å². The standard InChI is InChI=1S/C20H17N3O2S/c1-24-14-10-13(11-15(12-14)25-2)21-19-16-6-3-4-7-17(16)22-20(23-19)18-8-5-9-26-18/h3-12H,1-2H3,(H,21,22,23). The van der Waals surface area contributed by atoms with Gasteiger partial charge in [-0.15, -0.1) is 11.3 Å². The van der Waals surface area contributed by atoms with Gasteiger partial charge >= 0.3 is 0 Å². The molecule has 26 heavy (non-hydrogen) atoms. The molecule has 130 valence electrons. The molecule has 4 aromatic rings. The summed E-state index contributed by atoms with van der Waals surface area (Å²) >= 11 is 1.62. The molecule has 0 saturated carbocycles. The highest BCUT2D eigenvalue weighted by Crippen LogP contribution is 2.32. The molecule has 0 aliphatic carbocycles. The smallest absolute Gasteiger partial charge is 0.172 e. The van der Waals surface area contributed by atoms with Gasteiger partial charge in [-0.25, -0.2) is 9.97 Å². The van der Waals surface area contributed by atoms with E-state index in [4.69, 9.17) is 19.4 Å². The van der Waals surface area contributed by atoms with Crippen LogP contribution in [0.3, 0.4) is 0 Å². The lowest BCUT2D eigenvalue weighted by Crippen LogP contribution is -1.99. The number of para-hydroxylation sites is 1. The molecule has 2 heterocycles. The van der Waals surface area contributed by atoms with Gasteiger partial charge in [0.25, 0.3) is 0 Å². The van der Waals surface area contributed by atoms with Crippen LogP contribution in [0.4, 0.5) is 11.5 Å². The zero-order chi connectivity index (χ0) is 17.9. The van der Waals surface area contributed by atoms with Gasteiger partial charge in [-0.3, -0.25) is 0 Å². The minimum Gasteiger partial charge on any atom is -0.497 e. The number of aromatic nitrogens is 2. The maximum atomic E-state index is 5.35. The number of hydrogen-bond donors (Lipinski definition) is 1. The number of nitrogens with zero attached hydrogens (tertiary/aromatic N) is 2. The van der Waals surface area contributed by atoms with Crippen molar-refractivity contribution in [3.05, 3.63) is 60.0 Å². The summed E-state index contributed by atoms with van der Waals surface area (Å²) in [4.78, 5) is 10.5. The molecule has 0 radical (unpaired) electrons. The predicted octanol–water partition coefficient (Wildman–Crippen LogP) is 5.12. The van der Waals surface area contributed by atoms with Crippen molar-refractivity contribution in [3.63, 3.8) is 0 Å². The first-order valence-electron chi connectivity index (χ1n) is 8.07. The molecule has 5 nitrogen and oxygen atoms in total. The third-order valence-electron chi connectivity index (χ3n) is 3.96. The van der Waals surface area contributed by atoms with Gasteiger partial charge in [-0.1, -0.05) is 18.2 Å². The van der Waals surface area contributed by atoms with Crippen molar-refractivity contribution < 1.29 is 9.47 Å². The summed E-state index contributed by atoms with van der Waals surface area (Å²) in [7, 11) is 3.26. The van der Waals surface area contributed by atoms with E-state index in [-0.39, 0.29) is 0 Å². The van der Waals surface area contributed by atoms with Gasteiger partial charge in [0.1, 0.15) is 17.3 Å². The van der Waals surface area contributed by atoms with Crippen LogP contribution in [0.2, 0.25) is 0 Å². The van der Waals surface area contributed by atoms with E-state index < -0.39 is 0 Å². The first-order valence-corrected chi connectivity index (χ1v) is 8.95. The van der Waals surface area contributed by atoms with Gasteiger partial charge in [0.2, 0.25) is 0 Å². The van der Waals surface area contributed by atoms with E-state index >= 15 is 0 Å². The summed E-state index contributed by atoms with van der Waals surface area (Å²) in [5.41, 5.74) is 1.73. The maximum absolute atomic E-state index is 5.35. The zero-order valence-corrected chi connectivity index (χ0v) is 15.2. The molecule has 2 aromatic heterocycles. The van der Waals surface area contributed by atoms with Crippen molar-refractivity contribution in [2.45, 2.75) is 0 Å². The Balaban J connectivity index is 1.83. The zero-order valence-electron chi connectivity index (χ0n) is 14.4. The van der Waals surface area contributed by atoms with E-state index in [9.17, 15) is 0 Å². The Morgan fingerprint density at radius 2 is 1.65 bits per heavy atom. The number of hydrogen-bond acceptors (Lipinski definition) is 6. The molecule has 0 unspecified atom stereocenters. The second-order valence-corrected chi connectivity index (χ2v) is 6.56. The van der Waals surface area contributed by atoms with Crippen molar-refractivity contribution >= 4 is 33.7 Å². The third-order valence-corrected chi connectivity index (χ3v) is 4.82. The molecular formula is C20H17N3O2S. The van der Waals surface area contributed by atoms with Crippen LogP contribution in [-0.4, -0.2) is 24.2 Å². The molecule has 0 aliphatic rings. The van der Waals surface area contributed by atoms with E-state index in [0.717, 1.165) is 27.3 Å². The second kappa shape index (κ2) is 7.01. The molecule has 0 aliphatic heterocycles. The SMILES string of the molecule is COc1cc(Nc2nc(-c3cccs3)nc3ccccc23)cc(OC)c1. The van der Waals surface area contributed by atoms with Gasteiger partial charge < -0.3 is 14.8 Å². The molecule has 4 rings (SSSR count). The van der Waals surface area contributed by atoms with Crippen LogP contribution in [0.5, 0.6) is 11.5 Å². The lowest BCUT2D eigenvalue weighted by molar-refractivity contribution is 0.395. The molecular weight excluding hydrogens is 346 g/mol. The van der Waals surface area contributed by atoms with Gasteiger partial charge in [-0.05, 0) is 23.6 Å². The van der Waals surface area contributed by atoms with Crippen molar-refractivity contribution in [1.82, 2.24) is 9.97 Å². The van der Waals surface area contributed by atoms with Gasteiger partial charge in [0.15, 0.2) is 5.82 Å². The number of nitrogens with one attached hydrogen (secondary N) is 1. The number of methoxy groups -OCH3 is 2. The summed E-state index contributed by atoms with van der Waals surface area (Å²) in [5.74, 6) is 2.87. The Morgan fingerprint density at radius 1 is 0.885 bits per heavy atom. The molecule has 0 bridgehead atoms. The summed E-state index contributed by atoms with van der Waals surface area (Å²) < 4.78 is 10.7. The Kier molecular flexibility index (Phi) is 4.41. The highest BCUT2D eigenvalue weighted by atomic mass is 32.1. The normalized spacial score (nSPS) is 10.7. The molecule has 2 aromatic carbocycles. The average Bonchev–Trinajstić information content (AvgIpc) is 3.22. The number of benzene rings is 2. The molecule has 0 atom stereocenters. The van der Waals surface area contributed by atoms with Gasteiger partial charge in [-0.2, -0.15) is 0 Å². The first kappa shape index (κ1) is 16.4. The summed E-state index contributed by atoms with van der Waals surface area (Å²) in [6, 6.07) is 17.6. The number of anilines is 2. The topological polar surface area (TPSA) is 56.3 Å². The predicted molar refractivity (Wildman–Crippen MR) is 106 cm³/mol. The van der Waals surface area contributed by atoms with Crippen LogP contribution in [0.15, 0.2) is 60.0 Å². The number of thiophene rings is 1. The van der Waals surface area contributed by atoms with E-state index in [1.807, 2.05) is 60.0 Å². The van der Waals surface area contributed by atoms with Crippen LogP contribution < -0.4 is 14.8 Å². The minimum absolute atomic E-state index is 0.705. The number of ether oxygens (including phenoxy) is 2. The Hall–Kier alpha value is -3.12. The lowest BCUT2D eigenvalue weighted by atomic mass is 10.2. The average molecular weight is 363 g/mol. The van der Waals surface area contributed by atoms with Crippen LogP contribution in [0.1, 0.15) is 0 Å². The van der Waals surface area contributed by atoms with Crippen LogP contribution in [0, 0.1) is 0 Å². The number of fused-ring (bicyclic) bond motifs is 1. The quantitative estimate of drug-likeness (QED) is 0.533. The second-order valence-electron chi connectivity index (χ2n) is 5.62. The lowest BCUT2D eigenvalue weighted by Gasteiger charge is -2.12. The first-order chi connectivity index (χ1) is 12.8. The maximum Gasteiger partial charge on any atom is 0.172 e. The molecule has 6 heteroatoms. The van der Waals surface area contributed by atoms with Crippen molar-refractivity contribution in [1.29, 1.82) is 0 Å². The summed E-state index contributed by atoms with van der Waals surface area (Å²) in [6.45, 7) is 0. The molecule has 0 fully saturated rings. The van der Waals surface area contributed by atoms with Crippen LogP contribution in [0.25, 0.3) is 21.6 Å². The largest absolute Gasteiger partial charge is 0.497 e. The van der Waals surface area contributed by atoms with Gasteiger partial charge in [0, 0.05) is 29.3 Å². The Labute approximate surface area is 155 Å². The van der Waals surface area contributed by atoms with Crippen LogP contribution in [-0.2, 0) is 0 Å². The molecule has 0 spiro atoms. The fourth-order valence-corrected chi connectivity index (χ4v) is 3.36. The van der Waals surface area contributed by atoms with E-state index in [1.165, 1.54) is 0 Å². The minimum atomic E-state index is 0.705. The molecule has 0 amide bonds. The molecule has 0 saturated heterocycles. The van der Waals surface area contributed by atoms with Crippen molar-refractivity contribution in [2.24, 2.45) is 0 Å². The highest BCUT2D eigenvalue weighted by molar-refractivity contribution is 7.13. The fraction of sp³-hybridized carbons (Fsp3) is 0.100. The highest BCUT2D eigenvalue weighted by Gasteiger charge is 2.11. The Morgan fingerprint density at radius 3 is 2.35 bits per heavy atom. The number of rotatable bonds is 5. The van der Waals surface area contributed by atoms with E-state index in [1.54, 1.807) is 25.6 Å². The van der Waals surface area contributed by atoms with Gasteiger partial charge in [0.05, 0.1) is 24.6 Å². The summed E-state index contributed by atoms with van der Waals surface area (Å²) in [5, 5.41) is 6.37. The molecule has 1 N–H and O–H groups in total. The Bertz CT molecular complexity index is 1030. The van der Waals surface area contributed by atoms with E-state index in [0.29, 0.717) is 17.3 Å². The summed E-state index contributed by atoms with van der Waals surface area (Å²) in [6.07, 6.45) is 0. The van der Waals surface area contributed by atoms with Crippen molar-refractivity contribution in [2.75, 3.05) is 19.5 Å². The monoisotopic (exact) mass is 363 g/mol. The van der Waals surface area contributed by atoms with E-state index in [2.05, 4.69) is 5.32 Å². The fourth-order valence-electron chi connectivity index (χ4n) is 2.70. The third kappa shape index (κ3) is 3.19.